The zero-order chi connectivity index (χ0) is 17.5. The van der Waals surface area contributed by atoms with Crippen LogP contribution in [0.1, 0.15) is 28.8 Å². The second-order valence-electron chi connectivity index (χ2n) is 5.99. The third kappa shape index (κ3) is 4.76. The highest BCUT2D eigenvalue weighted by atomic mass is 16.2. The van der Waals surface area contributed by atoms with E-state index in [1.54, 1.807) is 36.9 Å². The fourth-order valence-electron chi connectivity index (χ4n) is 2.83. The second kappa shape index (κ2) is 8.23. The number of piperidine rings is 1. The lowest BCUT2D eigenvalue weighted by atomic mass is 10.0. The van der Waals surface area contributed by atoms with Crippen molar-refractivity contribution in [2.24, 2.45) is 0 Å². The van der Waals surface area contributed by atoms with E-state index in [4.69, 9.17) is 0 Å². The summed E-state index contributed by atoms with van der Waals surface area (Å²) >= 11 is 0. The molecule has 2 N–H and O–H groups in total. The molecule has 0 bridgehead atoms. The largest absolute Gasteiger partial charge is 0.338 e. The highest BCUT2D eigenvalue weighted by Crippen LogP contribution is 2.13. The summed E-state index contributed by atoms with van der Waals surface area (Å²) in [5.74, 6) is 0.0156. The number of carbonyl (C=O) groups is 2. The van der Waals surface area contributed by atoms with E-state index >= 15 is 0 Å². The van der Waals surface area contributed by atoms with Gasteiger partial charge in [-0.15, -0.1) is 0 Å². The molecule has 25 heavy (non-hydrogen) atoms. The van der Waals surface area contributed by atoms with Gasteiger partial charge in [0, 0.05) is 56.0 Å². The molecule has 7 nitrogen and oxygen atoms in total. The van der Waals surface area contributed by atoms with Gasteiger partial charge in [0.1, 0.15) is 0 Å². The van der Waals surface area contributed by atoms with Crippen LogP contribution in [0.5, 0.6) is 0 Å². The number of pyridine rings is 2. The Bertz CT molecular complexity index is 700. The van der Waals surface area contributed by atoms with E-state index in [1.807, 2.05) is 17.0 Å². The number of nitrogens with one attached hydrogen (secondary N) is 2. The van der Waals surface area contributed by atoms with Gasteiger partial charge in [-0.2, -0.15) is 0 Å². The van der Waals surface area contributed by atoms with Crippen molar-refractivity contribution in [1.82, 2.24) is 25.5 Å². The number of hydrogen-bond acceptors (Lipinski definition) is 4. The molecule has 2 aromatic rings. The maximum atomic E-state index is 12.4. The van der Waals surface area contributed by atoms with Gasteiger partial charge in [-0.05, 0) is 36.6 Å². The molecule has 1 saturated heterocycles. The first-order valence-corrected chi connectivity index (χ1v) is 8.35. The van der Waals surface area contributed by atoms with Crippen LogP contribution in [0.25, 0.3) is 0 Å². The van der Waals surface area contributed by atoms with Gasteiger partial charge in [0.25, 0.3) is 5.91 Å². The van der Waals surface area contributed by atoms with E-state index in [0.29, 0.717) is 25.2 Å². The Hall–Kier alpha value is -2.96. The molecular formula is C18H21N5O2. The average Bonchev–Trinajstić information content (AvgIpc) is 2.68. The summed E-state index contributed by atoms with van der Waals surface area (Å²) in [6.45, 7) is 1.71. The molecule has 0 radical (unpaired) electrons. The molecule has 1 aliphatic rings. The van der Waals surface area contributed by atoms with Crippen LogP contribution in [0, 0.1) is 0 Å². The van der Waals surface area contributed by atoms with E-state index in [0.717, 1.165) is 18.4 Å². The van der Waals surface area contributed by atoms with Gasteiger partial charge in [-0.25, -0.2) is 4.79 Å². The van der Waals surface area contributed by atoms with Crippen molar-refractivity contribution >= 4 is 11.9 Å². The van der Waals surface area contributed by atoms with Crippen molar-refractivity contribution in [3.05, 3.63) is 60.2 Å². The van der Waals surface area contributed by atoms with Crippen LogP contribution in [0.2, 0.25) is 0 Å². The third-order valence-corrected chi connectivity index (χ3v) is 4.22. The Labute approximate surface area is 146 Å². The van der Waals surface area contributed by atoms with Gasteiger partial charge in [0.15, 0.2) is 0 Å². The minimum absolute atomic E-state index is 0.0156. The lowest BCUT2D eigenvalue weighted by Gasteiger charge is -2.32. The van der Waals surface area contributed by atoms with Gasteiger partial charge < -0.3 is 15.5 Å². The molecule has 0 atom stereocenters. The molecule has 0 unspecified atom stereocenters. The lowest BCUT2D eigenvalue weighted by molar-refractivity contribution is 0.0708. The Morgan fingerprint density at radius 2 is 1.84 bits per heavy atom. The predicted octanol–water partition coefficient (Wildman–Crippen LogP) is 1.58. The number of carbonyl (C=O) groups excluding carboxylic acids is 2. The average molecular weight is 339 g/mol. The second-order valence-corrected chi connectivity index (χ2v) is 5.99. The highest BCUT2D eigenvalue weighted by Gasteiger charge is 2.24. The monoisotopic (exact) mass is 339 g/mol. The van der Waals surface area contributed by atoms with Crippen molar-refractivity contribution in [3.8, 4) is 0 Å². The van der Waals surface area contributed by atoms with Crippen LogP contribution in [0.4, 0.5) is 4.79 Å². The Kier molecular flexibility index (Phi) is 5.56. The first kappa shape index (κ1) is 16.9. The van der Waals surface area contributed by atoms with Crippen LogP contribution >= 0.6 is 0 Å². The van der Waals surface area contributed by atoms with Crippen molar-refractivity contribution in [2.45, 2.75) is 25.4 Å². The van der Waals surface area contributed by atoms with Crippen molar-refractivity contribution < 1.29 is 9.59 Å². The molecule has 0 saturated carbocycles. The number of amides is 3. The summed E-state index contributed by atoms with van der Waals surface area (Å²) in [7, 11) is 0. The summed E-state index contributed by atoms with van der Waals surface area (Å²) < 4.78 is 0. The smallest absolute Gasteiger partial charge is 0.315 e. The maximum absolute atomic E-state index is 12.4. The number of likely N-dealkylation sites (tertiary alicyclic amines) is 1. The first-order valence-electron chi connectivity index (χ1n) is 8.35. The number of rotatable bonds is 4. The van der Waals surface area contributed by atoms with Gasteiger partial charge >= 0.3 is 6.03 Å². The molecule has 3 rings (SSSR count). The molecule has 3 heterocycles. The van der Waals surface area contributed by atoms with E-state index in [1.165, 1.54) is 0 Å². The molecule has 0 aromatic carbocycles. The molecule has 0 aliphatic carbocycles. The van der Waals surface area contributed by atoms with Crippen molar-refractivity contribution in [2.75, 3.05) is 13.1 Å². The predicted molar refractivity (Wildman–Crippen MR) is 92.8 cm³/mol. The zero-order valence-corrected chi connectivity index (χ0v) is 13.9. The first-order chi connectivity index (χ1) is 12.2. The maximum Gasteiger partial charge on any atom is 0.315 e. The molecule has 2 aromatic heterocycles. The van der Waals surface area contributed by atoms with Crippen LogP contribution < -0.4 is 10.6 Å². The summed E-state index contributed by atoms with van der Waals surface area (Å²) in [6, 6.07) is 7.08. The van der Waals surface area contributed by atoms with E-state index in [-0.39, 0.29) is 18.0 Å². The van der Waals surface area contributed by atoms with Crippen molar-refractivity contribution in [1.29, 1.82) is 0 Å². The fourth-order valence-corrected chi connectivity index (χ4v) is 2.83. The van der Waals surface area contributed by atoms with E-state index < -0.39 is 0 Å². The number of aromatic nitrogens is 2. The molecule has 1 fully saturated rings. The van der Waals surface area contributed by atoms with Gasteiger partial charge in [0.05, 0.1) is 0 Å². The third-order valence-electron chi connectivity index (χ3n) is 4.22. The number of nitrogens with zero attached hydrogens (tertiary/aromatic N) is 3. The molecule has 7 heteroatoms. The topological polar surface area (TPSA) is 87.2 Å². The molecular weight excluding hydrogens is 318 g/mol. The quantitative estimate of drug-likeness (QED) is 0.885. The summed E-state index contributed by atoms with van der Waals surface area (Å²) in [4.78, 5) is 34.1. The Morgan fingerprint density at radius 3 is 2.52 bits per heavy atom. The lowest BCUT2D eigenvalue weighted by Crippen LogP contribution is -2.49. The Balaban J connectivity index is 1.41. The van der Waals surface area contributed by atoms with E-state index in [2.05, 4.69) is 20.6 Å². The molecule has 0 spiro atoms. The van der Waals surface area contributed by atoms with Gasteiger partial charge in [-0.1, -0.05) is 6.07 Å². The standard InChI is InChI=1S/C18H21N5O2/c24-17(15-3-8-19-9-4-15)23-10-5-16(6-11-23)22-18(25)21-13-14-2-1-7-20-12-14/h1-4,7-9,12,16H,5-6,10-11,13H2,(H2,21,22,25). The van der Waals surface area contributed by atoms with Crippen molar-refractivity contribution in [3.63, 3.8) is 0 Å². The normalized spacial score (nSPS) is 14.8. The summed E-state index contributed by atoms with van der Waals surface area (Å²) in [5, 5.41) is 5.80. The van der Waals surface area contributed by atoms with E-state index in [9.17, 15) is 9.59 Å². The van der Waals surface area contributed by atoms with Crippen LogP contribution in [0.3, 0.4) is 0 Å². The SMILES string of the molecule is O=C(NCc1cccnc1)NC1CCN(C(=O)c2ccncc2)CC1. The fraction of sp³-hybridized carbons (Fsp3) is 0.333. The molecule has 3 amide bonds. The summed E-state index contributed by atoms with van der Waals surface area (Å²) in [5.41, 5.74) is 1.60. The minimum Gasteiger partial charge on any atom is -0.338 e. The van der Waals surface area contributed by atoms with Crippen LogP contribution in [-0.4, -0.2) is 45.9 Å². The van der Waals surface area contributed by atoms with Gasteiger partial charge in [0.2, 0.25) is 0 Å². The molecule has 130 valence electrons. The minimum atomic E-state index is -0.192. The number of urea groups is 1. The highest BCUT2D eigenvalue weighted by molar-refractivity contribution is 5.94. The molecule has 1 aliphatic heterocycles. The number of hydrogen-bond donors (Lipinski definition) is 2. The van der Waals surface area contributed by atoms with Gasteiger partial charge in [-0.3, -0.25) is 14.8 Å². The zero-order valence-electron chi connectivity index (χ0n) is 13.9. The van der Waals surface area contributed by atoms with Crippen LogP contribution in [-0.2, 0) is 6.54 Å². The van der Waals surface area contributed by atoms with Crippen LogP contribution in [0.15, 0.2) is 49.1 Å². The Morgan fingerprint density at radius 1 is 1.08 bits per heavy atom. The summed E-state index contributed by atoms with van der Waals surface area (Å²) in [6.07, 6.45) is 8.16.